The lowest BCUT2D eigenvalue weighted by Gasteiger charge is -2.24. The number of ether oxygens (including phenoxy) is 1. The SMILES string of the molecule is CCCNC(C)c1ccc(N2CCCOCC2)c(Br)c1. The first-order valence-electron chi connectivity index (χ1n) is 7.58. The highest BCUT2D eigenvalue weighted by molar-refractivity contribution is 9.10. The molecule has 1 aromatic carbocycles. The molecule has 1 saturated heterocycles. The monoisotopic (exact) mass is 340 g/mol. The van der Waals surface area contributed by atoms with Crippen molar-refractivity contribution in [1.82, 2.24) is 5.32 Å². The van der Waals surface area contributed by atoms with Crippen LogP contribution in [0.1, 0.15) is 38.3 Å². The van der Waals surface area contributed by atoms with Crippen molar-refractivity contribution in [3.8, 4) is 0 Å². The zero-order chi connectivity index (χ0) is 14.4. The van der Waals surface area contributed by atoms with E-state index < -0.39 is 0 Å². The van der Waals surface area contributed by atoms with Gasteiger partial charge in [-0.15, -0.1) is 0 Å². The lowest BCUT2D eigenvalue weighted by Crippen LogP contribution is -2.26. The van der Waals surface area contributed by atoms with Crippen LogP contribution in [0.4, 0.5) is 5.69 Å². The lowest BCUT2D eigenvalue weighted by molar-refractivity contribution is 0.152. The molecule has 1 aliphatic rings. The summed E-state index contributed by atoms with van der Waals surface area (Å²) in [5.41, 5.74) is 2.61. The molecular formula is C16H25BrN2O. The van der Waals surface area contributed by atoms with E-state index in [0.717, 1.165) is 45.7 Å². The molecule has 0 aromatic heterocycles. The van der Waals surface area contributed by atoms with E-state index >= 15 is 0 Å². The molecule has 0 bridgehead atoms. The molecule has 1 unspecified atom stereocenters. The minimum atomic E-state index is 0.396. The van der Waals surface area contributed by atoms with E-state index in [1.165, 1.54) is 15.7 Å². The zero-order valence-electron chi connectivity index (χ0n) is 12.5. The van der Waals surface area contributed by atoms with Crippen LogP contribution in [0.5, 0.6) is 0 Å². The Hall–Kier alpha value is -0.580. The third-order valence-electron chi connectivity index (χ3n) is 3.74. The Labute approximate surface area is 130 Å². The van der Waals surface area contributed by atoms with Gasteiger partial charge in [0.1, 0.15) is 0 Å². The van der Waals surface area contributed by atoms with Gasteiger partial charge in [0.25, 0.3) is 0 Å². The molecule has 1 atom stereocenters. The van der Waals surface area contributed by atoms with Gasteiger partial charge in [-0.25, -0.2) is 0 Å². The summed E-state index contributed by atoms with van der Waals surface area (Å²) in [4.78, 5) is 2.41. The number of hydrogen-bond acceptors (Lipinski definition) is 3. The molecule has 112 valence electrons. The van der Waals surface area contributed by atoms with Gasteiger partial charge in [-0.1, -0.05) is 13.0 Å². The van der Waals surface area contributed by atoms with Gasteiger partial charge in [0.05, 0.1) is 12.3 Å². The highest BCUT2D eigenvalue weighted by atomic mass is 79.9. The summed E-state index contributed by atoms with van der Waals surface area (Å²) < 4.78 is 6.71. The molecule has 1 aliphatic heterocycles. The zero-order valence-corrected chi connectivity index (χ0v) is 14.1. The summed E-state index contributed by atoms with van der Waals surface area (Å²) in [7, 11) is 0. The Morgan fingerprint density at radius 3 is 2.95 bits per heavy atom. The summed E-state index contributed by atoms with van der Waals surface area (Å²) in [6.45, 7) is 9.22. The molecule has 3 nitrogen and oxygen atoms in total. The van der Waals surface area contributed by atoms with Crippen molar-refractivity contribution in [2.75, 3.05) is 37.7 Å². The summed E-state index contributed by atoms with van der Waals surface area (Å²) >= 11 is 3.73. The minimum Gasteiger partial charge on any atom is -0.380 e. The van der Waals surface area contributed by atoms with E-state index in [9.17, 15) is 0 Å². The number of benzene rings is 1. The fraction of sp³-hybridized carbons (Fsp3) is 0.625. The summed E-state index contributed by atoms with van der Waals surface area (Å²) in [5.74, 6) is 0. The van der Waals surface area contributed by atoms with Crippen LogP contribution in [-0.4, -0.2) is 32.8 Å². The van der Waals surface area contributed by atoms with E-state index in [1.807, 2.05) is 0 Å². The molecule has 1 heterocycles. The number of anilines is 1. The molecule has 1 N–H and O–H groups in total. The van der Waals surface area contributed by atoms with Crippen molar-refractivity contribution in [2.24, 2.45) is 0 Å². The number of nitrogens with zero attached hydrogens (tertiary/aromatic N) is 1. The molecule has 0 amide bonds. The Kier molecular flexibility index (Phi) is 6.33. The van der Waals surface area contributed by atoms with Crippen LogP contribution in [0.3, 0.4) is 0 Å². The van der Waals surface area contributed by atoms with Crippen molar-refractivity contribution in [2.45, 2.75) is 32.7 Å². The van der Waals surface area contributed by atoms with Gasteiger partial charge in [0.15, 0.2) is 0 Å². The molecule has 1 aromatic rings. The molecule has 0 spiro atoms. The number of hydrogen-bond donors (Lipinski definition) is 1. The van der Waals surface area contributed by atoms with Gasteiger partial charge in [0, 0.05) is 30.2 Å². The lowest BCUT2D eigenvalue weighted by atomic mass is 10.1. The Morgan fingerprint density at radius 1 is 1.35 bits per heavy atom. The largest absolute Gasteiger partial charge is 0.380 e. The van der Waals surface area contributed by atoms with Gasteiger partial charge < -0.3 is 15.0 Å². The summed E-state index contributed by atoms with van der Waals surface area (Å²) in [5, 5.41) is 3.53. The number of rotatable bonds is 5. The maximum Gasteiger partial charge on any atom is 0.0641 e. The Morgan fingerprint density at radius 2 is 2.20 bits per heavy atom. The topological polar surface area (TPSA) is 24.5 Å². The van der Waals surface area contributed by atoms with Gasteiger partial charge in [-0.2, -0.15) is 0 Å². The molecule has 0 radical (unpaired) electrons. The van der Waals surface area contributed by atoms with Gasteiger partial charge in [0.2, 0.25) is 0 Å². The van der Waals surface area contributed by atoms with Crippen molar-refractivity contribution in [3.05, 3.63) is 28.2 Å². The first kappa shape index (κ1) is 15.8. The smallest absolute Gasteiger partial charge is 0.0641 e. The van der Waals surface area contributed by atoms with Crippen LogP contribution >= 0.6 is 15.9 Å². The number of halogens is 1. The van der Waals surface area contributed by atoms with Crippen LogP contribution in [0.15, 0.2) is 22.7 Å². The Bertz CT molecular complexity index is 417. The van der Waals surface area contributed by atoms with E-state index in [1.54, 1.807) is 0 Å². The third kappa shape index (κ3) is 4.21. The maximum atomic E-state index is 5.53. The van der Waals surface area contributed by atoms with E-state index in [0.29, 0.717) is 6.04 Å². The molecule has 20 heavy (non-hydrogen) atoms. The fourth-order valence-corrected chi connectivity index (χ4v) is 3.16. The van der Waals surface area contributed by atoms with E-state index in [-0.39, 0.29) is 0 Å². The highest BCUT2D eigenvalue weighted by Gasteiger charge is 2.14. The molecular weight excluding hydrogens is 316 g/mol. The first-order valence-corrected chi connectivity index (χ1v) is 8.37. The molecule has 0 saturated carbocycles. The van der Waals surface area contributed by atoms with Gasteiger partial charge >= 0.3 is 0 Å². The molecule has 1 fully saturated rings. The van der Waals surface area contributed by atoms with E-state index in [2.05, 4.69) is 58.2 Å². The molecule has 0 aliphatic carbocycles. The second-order valence-electron chi connectivity index (χ2n) is 5.34. The second-order valence-corrected chi connectivity index (χ2v) is 6.19. The van der Waals surface area contributed by atoms with Crippen molar-refractivity contribution >= 4 is 21.6 Å². The summed E-state index contributed by atoms with van der Waals surface area (Å²) in [6, 6.07) is 7.11. The summed E-state index contributed by atoms with van der Waals surface area (Å²) in [6.07, 6.45) is 2.26. The standard InChI is InChI=1S/C16H25BrN2O/c1-3-7-18-13(2)14-5-6-16(15(17)12-14)19-8-4-10-20-11-9-19/h5-6,12-13,18H,3-4,7-11H2,1-2H3. The van der Waals surface area contributed by atoms with Crippen LogP contribution in [0.2, 0.25) is 0 Å². The third-order valence-corrected chi connectivity index (χ3v) is 4.37. The average Bonchev–Trinajstić information content (AvgIpc) is 2.73. The maximum absolute atomic E-state index is 5.53. The average molecular weight is 341 g/mol. The van der Waals surface area contributed by atoms with Crippen LogP contribution in [0, 0.1) is 0 Å². The van der Waals surface area contributed by atoms with Crippen LogP contribution in [0.25, 0.3) is 0 Å². The van der Waals surface area contributed by atoms with E-state index in [4.69, 9.17) is 4.74 Å². The Balaban J connectivity index is 2.08. The predicted octanol–water partition coefficient (Wildman–Crippen LogP) is 3.74. The second kappa shape index (κ2) is 8.01. The number of nitrogens with one attached hydrogen (secondary N) is 1. The molecule has 4 heteroatoms. The first-order chi connectivity index (χ1) is 9.72. The van der Waals surface area contributed by atoms with Gasteiger partial charge in [-0.3, -0.25) is 0 Å². The highest BCUT2D eigenvalue weighted by Crippen LogP contribution is 2.30. The normalized spacial score (nSPS) is 17.9. The quantitative estimate of drug-likeness (QED) is 0.883. The van der Waals surface area contributed by atoms with Crippen molar-refractivity contribution < 1.29 is 4.74 Å². The predicted molar refractivity (Wildman–Crippen MR) is 88.5 cm³/mol. The van der Waals surface area contributed by atoms with Crippen LogP contribution < -0.4 is 10.2 Å². The van der Waals surface area contributed by atoms with Crippen molar-refractivity contribution in [1.29, 1.82) is 0 Å². The van der Waals surface area contributed by atoms with Crippen molar-refractivity contribution in [3.63, 3.8) is 0 Å². The minimum absolute atomic E-state index is 0.396. The molecule has 2 rings (SSSR count). The van der Waals surface area contributed by atoms with Crippen LogP contribution in [-0.2, 0) is 4.74 Å². The fourth-order valence-electron chi connectivity index (χ4n) is 2.51. The van der Waals surface area contributed by atoms with Gasteiger partial charge in [-0.05, 0) is 59.9 Å².